The lowest BCUT2D eigenvalue weighted by molar-refractivity contribution is 0.0937. The Labute approximate surface area is 184 Å². The Kier molecular flexibility index (Phi) is 6.13. The molecule has 0 saturated carbocycles. The summed E-state index contributed by atoms with van der Waals surface area (Å²) in [6.45, 7) is 2.77. The number of amides is 1. The first-order valence-corrected chi connectivity index (χ1v) is 10.5. The predicted molar refractivity (Wildman–Crippen MR) is 122 cm³/mol. The molecule has 8 nitrogen and oxygen atoms in total. The van der Waals surface area contributed by atoms with Crippen LogP contribution < -0.4 is 16.4 Å². The monoisotopic (exact) mass is 431 g/mol. The van der Waals surface area contributed by atoms with Crippen molar-refractivity contribution in [3.8, 4) is 0 Å². The molecular weight excluding hydrogens is 406 g/mol. The molecule has 1 aromatic carbocycles. The van der Waals surface area contributed by atoms with Crippen LogP contribution in [-0.4, -0.2) is 33.6 Å². The quantitative estimate of drug-likeness (QED) is 0.347. The van der Waals surface area contributed by atoms with Gasteiger partial charge in [-0.2, -0.15) is 0 Å². The Morgan fingerprint density at radius 2 is 1.94 bits per heavy atom. The number of aryl methyl sites for hydroxylation is 1. The molecule has 0 radical (unpaired) electrons. The highest BCUT2D eigenvalue weighted by molar-refractivity contribution is 5.97. The molecule has 1 atom stereocenters. The zero-order valence-electron chi connectivity index (χ0n) is 18.0. The first-order chi connectivity index (χ1) is 15.5. The van der Waals surface area contributed by atoms with Crippen LogP contribution in [-0.2, 0) is 11.3 Å². The van der Waals surface area contributed by atoms with Gasteiger partial charge < -0.3 is 14.6 Å². The summed E-state index contributed by atoms with van der Waals surface area (Å²) in [5.74, 6) is -0.411. The molecule has 0 aliphatic rings. The number of carbonyl (C=O) groups excluding carboxylic acids is 1. The number of ether oxygens (including phenoxy) is 1. The third-order valence-electron chi connectivity index (χ3n) is 5.44. The summed E-state index contributed by atoms with van der Waals surface area (Å²) in [5.41, 5.74) is 1.69. The minimum Gasteiger partial charge on any atom is -0.385 e. The van der Waals surface area contributed by atoms with E-state index in [0.717, 1.165) is 5.56 Å². The van der Waals surface area contributed by atoms with Gasteiger partial charge >= 0.3 is 0 Å². The second-order valence-electron chi connectivity index (χ2n) is 7.59. The maximum atomic E-state index is 13.2. The zero-order chi connectivity index (χ0) is 22.7. The second-order valence-corrected chi connectivity index (χ2v) is 7.59. The second kappa shape index (κ2) is 9.15. The number of carbonyl (C=O) groups is 1. The summed E-state index contributed by atoms with van der Waals surface area (Å²) in [4.78, 5) is 31.0. The van der Waals surface area contributed by atoms with Gasteiger partial charge in [-0.1, -0.05) is 36.4 Å². The summed E-state index contributed by atoms with van der Waals surface area (Å²) in [5, 5.41) is 12.0. The number of nitrogens with one attached hydrogen (secondary N) is 2. The van der Waals surface area contributed by atoms with E-state index in [1.807, 2.05) is 37.3 Å². The Bertz CT molecular complexity index is 1390. The normalized spacial score (nSPS) is 12.2. The minimum atomic E-state index is -0.411. The summed E-state index contributed by atoms with van der Waals surface area (Å²) >= 11 is 0. The fourth-order valence-electron chi connectivity index (χ4n) is 3.74. The van der Waals surface area contributed by atoms with Crippen molar-refractivity contribution < 1.29 is 9.53 Å². The largest absolute Gasteiger partial charge is 0.385 e. The lowest BCUT2D eigenvalue weighted by Gasteiger charge is -2.17. The number of aromatic nitrogens is 3. The van der Waals surface area contributed by atoms with Gasteiger partial charge in [0.05, 0.1) is 17.0 Å². The van der Waals surface area contributed by atoms with E-state index in [2.05, 4.69) is 10.3 Å². The number of pyridine rings is 2. The number of hydrogen-bond acceptors (Lipinski definition) is 5. The van der Waals surface area contributed by atoms with Gasteiger partial charge in [-0.3, -0.25) is 19.4 Å². The standard InChI is InChI=1S/C24H25N5O3/c1-16(17-9-4-3-5-10-17)26-23(30)18-15-19-22(29(21(18)25)13-8-14-32-2)27-20-11-6-7-12-28(20)24(19)31/h3-7,9-12,15-16,25H,8,13-14H2,1-2H3,(H,26,30)/t16-/m1/s1. The maximum absolute atomic E-state index is 13.2. The number of fused-ring (bicyclic) bond motifs is 2. The van der Waals surface area contributed by atoms with Crippen molar-refractivity contribution in [2.45, 2.75) is 25.9 Å². The van der Waals surface area contributed by atoms with Gasteiger partial charge in [0.15, 0.2) is 0 Å². The molecule has 0 aliphatic carbocycles. The molecule has 3 aromatic heterocycles. The third kappa shape index (κ3) is 4.04. The lowest BCUT2D eigenvalue weighted by Crippen LogP contribution is -2.36. The molecule has 4 rings (SSSR count). The van der Waals surface area contributed by atoms with Crippen LogP contribution in [0.1, 0.15) is 35.3 Å². The van der Waals surface area contributed by atoms with Crippen LogP contribution in [0.3, 0.4) is 0 Å². The minimum absolute atomic E-state index is 0.0125. The Morgan fingerprint density at radius 1 is 1.19 bits per heavy atom. The Morgan fingerprint density at radius 3 is 2.69 bits per heavy atom. The van der Waals surface area contributed by atoms with Crippen molar-refractivity contribution in [2.24, 2.45) is 0 Å². The molecular formula is C24H25N5O3. The van der Waals surface area contributed by atoms with Crippen molar-refractivity contribution in [2.75, 3.05) is 13.7 Å². The first kappa shape index (κ1) is 21.5. The highest BCUT2D eigenvalue weighted by Gasteiger charge is 2.19. The van der Waals surface area contributed by atoms with Crippen LogP contribution in [0.4, 0.5) is 0 Å². The molecule has 0 bridgehead atoms. The van der Waals surface area contributed by atoms with E-state index in [1.165, 1.54) is 10.5 Å². The van der Waals surface area contributed by atoms with Crippen molar-refractivity contribution in [1.82, 2.24) is 19.3 Å². The van der Waals surface area contributed by atoms with Crippen LogP contribution >= 0.6 is 0 Å². The van der Waals surface area contributed by atoms with E-state index in [0.29, 0.717) is 36.3 Å². The van der Waals surface area contributed by atoms with E-state index in [1.54, 1.807) is 36.1 Å². The van der Waals surface area contributed by atoms with Gasteiger partial charge in [0.25, 0.3) is 11.5 Å². The van der Waals surface area contributed by atoms with E-state index in [4.69, 9.17) is 10.1 Å². The number of rotatable bonds is 7. The van der Waals surface area contributed by atoms with Gasteiger partial charge in [-0.15, -0.1) is 0 Å². The molecule has 164 valence electrons. The van der Waals surface area contributed by atoms with Gasteiger partial charge in [-0.05, 0) is 37.1 Å². The molecule has 0 spiro atoms. The van der Waals surface area contributed by atoms with Crippen LogP contribution in [0, 0.1) is 5.41 Å². The average Bonchev–Trinajstić information content (AvgIpc) is 2.81. The smallest absolute Gasteiger partial charge is 0.267 e. The number of methoxy groups -OCH3 is 1. The molecule has 2 N–H and O–H groups in total. The van der Waals surface area contributed by atoms with E-state index < -0.39 is 5.91 Å². The predicted octanol–water partition coefficient (Wildman–Crippen LogP) is 2.66. The Balaban J connectivity index is 1.85. The fourth-order valence-corrected chi connectivity index (χ4v) is 3.74. The fraction of sp³-hybridized carbons (Fsp3) is 0.250. The van der Waals surface area contributed by atoms with Crippen molar-refractivity contribution in [3.05, 3.63) is 87.8 Å². The summed E-state index contributed by atoms with van der Waals surface area (Å²) in [6.07, 6.45) is 2.26. The molecule has 0 saturated heterocycles. The van der Waals surface area contributed by atoms with E-state index in [9.17, 15) is 9.59 Å². The number of hydrogen-bond donors (Lipinski definition) is 2. The summed E-state index contributed by atoms with van der Waals surface area (Å²) in [7, 11) is 1.61. The third-order valence-corrected chi connectivity index (χ3v) is 5.44. The van der Waals surface area contributed by atoms with Crippen molar-refractivity contribution in [1.29, 1.82) is 5.41 Å². The first-order valence-electron chi connectivity index (χ1n) is 10.5. The SMILES string of the molecule is COCCCn1c(=N)c(C(=O)N[C@H](C)c2ccccc2)cc2c(=O)n3ccccc3nc21. The van der Waals surface area contributed by atoms with E-state index >= 15 is 0 Å². The highest BCUT2D eigenvalue weighted by Crippen LogP contribution is 2.14. The van der Waals surface area contributed by atoms with Gasteiger partial charge in [-0.25, -0.2) is 4.98 Å². The molecule has 3 heterocycles. The molecule has 0 aliphatic heterocycles. The van der Waals surface area contributed by atoms with Gasteiger partial charge in [0.2, 0.25) is 0 Å². The number of nitrogens with zero attached hydrogens (tertiary/aromatic N) is 3. The average molecular weight is 431 g/mol. The van der Waals surface area contributed by atoms with E-state index in [-0.39, 0.29) is 22.7 Å². The molecule has 4 aromatic rings. The van der Waals surface area contributed by atoms with Crippen LogP contribution in [0.5, 0.6) is 0 Å². The van der Waals surface area contributed by atoms with Crippen LogP contribution in [0.2, 0.25) is 0 Å². The zero-order valence-corrected chi connectivity index (χ0v) is 18.0. The van der Waals surface area contributed by atoms with Gasteiger partial charge in [0.1, 0.15) is 16.8 Å². The molecule has 0 unspecified atom stereocenters. The van der Waals surface area contributed by atoms with Gasteiger partial charge in [0, 0.05) is 26.5 Å². The van der Waals surface area contributed by atoms with Crippen molar-refractivity contribution >= 4 is 22.6 Å². The lowest BCUT2D eigenvalue weighted by atomic mass is 10.1. The molecule has 32 heavy (non-hydrogen) atoms. The maximum Gasteiger partial charge on any atom is 0.267 e. The topological polar surface area (TPSA) is 101 Å². The van der Waals surface area contributed by atoms with Crippen LogP contribution in [0.25, 0.3) is 16.7 Å². The van der Waals surface area contributed by atoms with Crippen molar-refractivity contribution in [3.63, 3.8) is 0 Å². The van der Waals surface area contributed by atoms with Crippen LogP contribution in [0.15, 0.2) is 65.6 Å². The molecule has 8 heteroatoms. The number of benzene rings is 1. The Hall–Kier alpha value is -3.78. The molecule has 1 amide bonds. The highest BCUT2D eigenvalue weighted by atomic mass is 16.5. The summed E-state index contributed by atoms with van der Waals surface area (Å²) in [6, 6.07) is 16.1. The molecule has 0 fully saturated rings. The summed E-state index contributed by atoms with van der Waals surface area (Å²) < 4.78 is 8.21.